The normalized spacial score (nSPS) is 12.2. The molecule has 1 N–H and O–H groups in total. The van der Waals surface area contributed by atoms with Crippen molar-refractivity contribution in [2.24, 2.45) is 0 Å². The molecule has 0 aromatic carbocycles. The molecule has 2 aromatic heterocycles. The fraction of sp³-hybridized carbons (Fsp3) is 0.308. The molecule has 4 heteroatoms. The minimum absolute atomic E-state index is 0.456. The van der Waals surface area contributed by atoms with E-state index in [1.807, 2.05) is 12.1 Å². The van der Waals surface area contributed by atoms with Crippen LogP contribution < -0.4 is 5.32 Å². The Labute approximate surface area is 110 Å². The first kappa shape index (κ1) is 12.3. The maximum atomic E-state index is 8.74. The summed E-state index contributed by atoms with van der Waals surface area (Å²) in [5, 5.41) is 16.5. The van der Waals surface area contributed by atoms with Gasteiger partial charge in [0.1, 0.15) is 10.9 Å². The van der Waals surface area contributed by atoms with Gasteiger partial charge < -0.3 is 5.32 Å². The summed E-state index contributed by atoms with van der Waals surface area (Å²) in [5.74, 6) is 0. The lowest BCUT2D eigenvalue weighted by atomic mass is 10.1. The van der Waals surface area contributed by atoms with Crippen molar-refractivity contribution < 1.29 is 0 Å². The summed E-state index contributed by atoms with van der Waals surface area (Å²) in [6.45, 7) is 3.04. The van der Waals surface area contributed by atoms with E-state index < -0.39 is 0 Å². The SMILES string of the molecule is CC(Cc1ccsc1)NCc1ccc(C#N)s1. The van der Waals surface area contributed by atoms with Gasteiger partial charge in [-0.05, 0) is 47.9 Å². The first-order valence-electron chi connectivity index (χ1n) is 5.51. The Kier molecular flexibility index (Phi) is 4.32. The molecule has 1 atom stereocenters. The second-order valence-corrected chi connectivity index (χ2v) is 5.94. The van der Waals surface area contributed by atoms with Crippen molar-refractivity contribution in [1.82, 2.24) is 5.32 Å². The number of rotatable bonds is 5. The second-order valence-electron chi connectivity index (χ2n) is 4.00. The first-order chi connectivity index (χ1) is 8.28. The van der Waals surface area contributed by atoms with Gasteiger partial charge in [-0.3, -0.25) is 0 Å². The molecule has 0 spiro atoms. The second kappa shape index (κ2) is 5.97. The molecule has 2 rings (SSSR count). The molecule has 2 aromatic rings. The van der Waals surface area contributed by atoms with Gasteiger partial charge in [-0.2, -0.15) is 16.6 Å². The van der Waals surface area contributed by atoms with Crippen molar-refractivity contribution in [2.75, 3.05) is 0 Å². The molecule has 2 heterocycles. The highest BCUT2D eigenvalue weighted by Crippen LogP contribution is 2.15. The van der Waals surface area contributed by atoms with Crippen LogP contribution in [0.4, 0.5) is 0 Å². The molecule has 2 nitrogen and oxygen atoms in total. The van der Waals surface area contributed by atoms with E-state index in [0.717, 1.165) is 17.8 Å². The van der Waals surface area contributed by atoms with E-state index in [1.165, 1.54) is 10.4 Å². The third-order valence-electron chi connectivity index (χ3n) is 2.52. The zero-order valence-electron chi connectivity index (χ0n) is 9.64. The Bertz CT molecular complexity index is 494. The molecule has 0 fully saturated rings. The molecule has 0 aliphatic rings. The standard InChI is InChI=1S/C13H14N2S2/c1-10(6-11-4-5-16-9-11)15-8-13-3-2-12(7-14)17-13/h2-5,9-10,15H,6,8H2,1H3. The molecule has 0 aliphatic carbocycles. The van der Waals surface area contributed by atoms with Crippen LogP contribution >= 0.6 is 22.7 Å². The van der Waals surface area contributed by atoms with Crippen LogP contribution in [0, 0.1) is 11.3 Å². The fourth-order valence-electron chi connectivity index (χ4n) is 1.64. The van der Waals surface area contributed by atoms with E-state index in [0.29, 0.717) is 6.04 Å². The van der Waals surface area contributed by atoms with Crippen LogP contribution in [0.2, 0.25) is 0 Å². The summed E-state index contributed by atoms with van der Waals surface area (Å²) in [6, 6.07) is 8.69. The van der Waals surface area contributed by atoms with Gasteiger partial charge in [0.2, 0.25) is 0 Å². The van der Waals surface area contributed by atoms with Gasteiger partial charge in [0.25, 0.3) is 0 Å². The fourth-order valence-corrected chi connectivity index (χ4v) is 3.08. The van der Waals surface area contributed by atoms with Crippen LogP contribution in [0.3, 0.4) is 0 Å². The smallest absolute Gasteiger partial charge is 0.110 e. The molecule has 0 aliphatic heterocycles. The van der Waals surface area contributed by atoms with Crippen molar-refractivity contribution in [3.63, 3.8) is 0 Å². The highest BCUT2D eigenvalue weighted by molar-refractivity contribution is 7.12. The quantitative estimate of drug-likeness (QED) is 0.896. The number of nitriles is 1. The van der Waals surface area contributed by atoms with Gasteiger partial charge in [0.05, 0.1) is 0 Å². The predicted molar refractivity (Wildman–Crippen MR) is 73.4 cm³/mol. The van der Waals surface area contributed by atoms with Gasteiger partial charge in [-0.1, -0.05) is 0 Å². The molecule has 0 bridgehead atoms. The van der Waals surface area contributed by atoms with Crippen molar-refractivity contribution in [3.05, 3.63) is 44.3 Å². The van der Waals surface area contributed by atoms with Gasteiger partial charge in [-0.15, -0.1) is 11.3 Å². The topological polar surface area (TPSA) is 35.8 Å². The van der Waals surface area contributed by atoms with Crippen LogP contribution in [0.1, 0.15) is 22.2 Å². The zero-order chi connectivity index (χ0) is 12.1. The Morgan fingerprint density at radius 2 is 2.29 bits per heavy atom. The summed E-state index contributed by atoms with van der Waals surface area (Å²) in [6.07, 6.45) is 1.06. The van der Waals surface area contributed by atoms with Gasteiger partial charge in [0.15, 0.2) is 0 Å². The maximum absolute atomic E-state index is 8.74. The molecule has 0 saturated carbocycles. The van der Waals surface area contributed by atoms with Crippen LogP contribution in [0.15, 0.2) is 29.0 Å². The lowest BCUT2D eigenvalue weighted by Crippen LogP contribution is -2.26. The molecule has 17 heavy (non-hydrogen) atoms. The average Bonchev–Trinajstić information content (AvgIpc) is 2.96. The van der Waals surface area contributed by atoms with Crippen LogP contribution in [-0.2, 0) is 13.0 Å². The Hall–Kier alpha value is -1.15. The predicted octanol–water partition coefficient (Wildman–Crippen LogP) is 3.40. The summed E-state index contributed by atoms with van der Waals surface area (Å²) in [5.41, 5.74) is 1.39. The molecular formula is C13H14N2S2. The molecule has 0 radical (unpaired) electrons. The minimum Gasteiger partial charge on any atom is -0.309 e. The number of nitrogens with one attached hydrogen (secondary N) is 1. The van der Waals surface area contributed by atoms with E-state index in [1.54, 1.807) is 22.7 Å². The van der Waals surface area contributed by atoms with Crippen molar-refractivity contribution in [1.29, 1.82) is 5.26 Å². The lowest BCUT2D eigenvalue weighted by Gasteiger charge is -2.11. The van der Waals surface area contributed by atoms with Crippen LogP contribution in [0.25, 0.3) is 0 Å². The zero-order valence-corrected chi connectivity index (χ0v) is 11.3. The van der Waals surface area contributed by atoms with Crippen LogP contribution in [0.5, 0.6) is 0 Å². The Morgan fingerprint density at radius 3 is 2.94 bits per heavy atom. The lowest BCUT2D eigenvalue weighted by molar-refractivity contribution is 0.549. The first-order valence-corrected chi connectivity index (χ1v) is 7.27. The third-order valence-corrected chi connectivity index (χ3v) is 4.24. The number of thiophene rings is 2. The van der Waals surface area contributed by atoms with E-state index in [4.69, 9.17) is 5.26 Å². The summed E-state index contributed by atoms with van der Waals surface area (Å²) in [7, 11) is 0. The largest absolute Gasteiger partial charge is 0.309 e. The van der Waals surface area contributed by atoms with Crippen molar-refractivity contribution in [2.45, 2.75) is 25.9 Å². The third kappa shape index (κ3) is 3.67. The molecule has 0 amide bonds. The Balaban J connectivity index is 1.80. The minimum atomic E-state index is 0.456. The number of hydrogen-bond acceptors (Lipinski definition) is 4. The van der Waals surface area contributed by atoms with Gasteiger partial charge >= 0.3 is 0 Å². The summed E-state index contributed by atoms with van der Waals surface area (Å²) >= 11 is 3.30. The maximum Gasteiger partial charge on any atom is 0.110 e. The summed E-state index contributed by atoms with van der Waals surface area (Å²) in [4.78, 5) is 2.01. The number of nitrogens with zero attached hydrogens (tertiary/aromatic N) is 1. The van der Waals surface area contributed by atoms with E-state index in [2.05, 4.69) is 35.1 Å². The average molecular weight is 262 g/mol. The van der Waals surface area contributed by atoms with E-state index in [9.17, 15) is 0 Å². The molecule has 1 unspecified atom stereocenters. The van der Waals surface area contributed by atoms with Gasteiger partial charge in [0, 0.05) is 17.5 Å². The van der Waals surface area contributed by atoms with E-state index >= 15 is 0 Å². The highest BCUT2D eigenvalue weighted by atomic mass is 32.1. The monoisotopic (exact) mass is 262 g/mol. The number of hydrogen-bond donors (Lipinski definition) is 1. The molecular weight excluding hydrogens is 248 g/mol. The Morgan fingerprint density at radius 1 is 1.41 bits per heavy atom. The van der Waals surface area contributed by atoms with E-state index in [-0.39, 0.29) is 0 Å². The van der Waals surface area contributed by atoms with Gasteiger partial charge in [-0.25, -0.2) is 0 Å². The van der Waals surface area contributed by atoms with Crippen LogP contribution in [-0.4, -0.2) is 6.04 Å². The summed E-state index contributed by atoms with van der Waals surface area (Å²) < 4.78 is 0. The van der Waals surface area contributed by atoms with Crippen molar-refractivity contribution in [3.8, 4) is 6.07 Å². The molecule has 0 saturated heterocycles. The molecule has 88 valence electrons. The highest BCUT2D eigenvalue weighted by Gasteiger charge is 2.05. The van der Waals surface area contributed by atoms with Crippen molar-refractivity contribution >= 4 is 22.7 Å².